The highest BCUT2D eigenvalue weighted by Gasteiger charge is 1.98. The van der Waals surface area contributed by atoms with Crippen molar-refractivity contribution < 1.29 is 0 Å². The minimum absolute atomic E-state index is 0.779. The molecule has 0 saturated carbocycles. The van der Waals surface area contributed by atoms with Crippen LogP contribution < -0.4 is 0 Å². The van der Waals surface area contributed by atoms with Gasteiger partial charge in [-0.15, -0.1) is 0 Å². The van der Waals surface area contributed by atoms with Crippen LogP contribution in [-0.4, -0.2) is 11.0 Å². The zero-order valence-electron chi connectivity index (χ0n) is 7.34. The molecule has 0 aliphatic heterocycles. The number of hydrogen-bond acceptors (Lipinski definition) is 1. The average molecular weight is 168 g/mol. The Bertz CT molecular complexity index is 166. The summed E-state index contributed by atoms with van der Waals surface area (Å²) in [5, 5.41) is 0.779. The van der Waals surface area contributed by atoms with Gasteiger partial charge in [-0.2, -0.15) is 11.8 Å². The fourth-order valence-corrected chi connectivity index (χ4v) is 1.93. The second-order valence-electron chi connectivity index (χ2n) is 3.09. The van der Waals surface area contributed by atoms with Crippen molar-refractivity contribution >= 4 is 11.8 Å². The normalized spacial score (nSPS) is 16.1. The van der Waals surface area contributed by atoms with Crippen LogP contribution in [0, 0.1) is 0 Å². The first-order valence-corrected chi connectivity index (χ1v) is 5.31. The Balaban J connectivity index is 2.08. The number of allylic oxidation sites excluding steroid dienone is 4. The molecule has 0 N–H and O–H groups in total. The van der Waals surface area contributed by atoms with Crippen LogP contribution >= 0.6 is 11.8 Å². The van der Waals surface area contributed by atoms with E-state index in [1.165, 1.54) is 17.7 Å². The Kier molecular flexibility index (Phi) is 3.78. The van der Waals surface area contributed by atoms with Crippen LogP contribution in [0.15, 0.2) is 23.8 Å². The highest BCUT2D eigenvalue weighted by atomic mass is 32.2. The van der Waals surface area contributed by atoms with E-state index in [0.29, 0.717) is 0 Å². The van der Waals surface area contributed by atoms with Crippen molar-refractivity contribution in [1.82, 2.24) is 0 Å². The Morgan fingerprint density at radius 2 is 2.36 bits per heavy atom. The smallest absolute Gasteiger partial charge is 0.000957 e. The number of thioether (sulfide) groups is 1. The molecule has 0 radical (unpaired) electrons. The fraction of sp³-hybridized carbons (Fsp3) is 0.600. The third-order valence-corrected chi connectivity index (χ3v) is 2.80. The predicted molar refractivity (Wildman–Crippen MR) is 54.1 cm³/mol. The van der Waals surface area contributed by atoms with Crippen LogP contribution in [0.2, 0.25) is 0 Å². The summed E-state index contributed by atoms with van der Waals surface area (Å²) in [7, 11) is 0. The second-order valence-corrected chi connectivity index (χ2v) is 4.77. The number of rotatable bonds is 4. The summed E-state index contributed by atoms with van der Waals surface area (Å²) in [5.74, 6) is 1.27. The van der Waals surface area contributed by atoms with E-state index in [2.05, 4.69) is 32.1 Å². The van der Waals surface area contributed by atoms with Gasteiger partial charge in [-0.25, -0.2) is 0 Å². The molecule has 0 unspecified atom stereocenters. The molecule has 1 heteroatoms. The van der Waals surface area contributed by atoms with Crippen LogP contribution in [0.1, 0.15) is 26.7 Å². The molecule has 0 atom stereocenters. The predicted octanol–water partition coefficient (Wildman–Crippen LogP) is 3.40. The van der Waals surface area contributed by atoms with Gasteiger partial charge in [0.25, 0.3) is 0 Å². The maximum atomic E-state index is 2.32. The van der Waals surface area contributed by atoms with Gasteiger partial charge in [-0.05, 0) is 23.8 Å². The SMILES string of the molecule is CC(C)SCCC1=CCC=C1. The third kappa shape index (κ3) is 3.66. The van der Waals surface area contributed by atoms with Gasteiger partial charge in [-0.1, -0.05) is 37.6 Å². The lowest BCUT2D eigenvalue weighted by Crippen LogP contribution is -1.90. The molecule has 0 aromatic heterocycles. The Morgan fingerprint density at radius 1 is 1.55 bits per heavy atom. The van der Waals surface area contributed by atoms with Gasteiger partial charge in [0.1, 0.15) is 0 Å². The van der Waals surface area contributed by atoms with Gasteiger partial charge in [0, 0.05) is 0 Å². The van der Waals surface area contributed by atoms with E-state index in [4.69, 9.17) is 0 Å². The van der Waals surface area contributed by atoms with Gasteiger partial charge in [0.2, 0.25) is 0 Å². The molecule has 0 bridgehead atoms. The Labute approximate surface area is 73.8 Å². The quantitative estimate of drug-likeness (QED) is 0.620. The fourth-order valence-electron chi connectivity index (χ4n) is 1.10. The first kappa shape index (κ1) is 8.92. The largest absolute Gasteiger partial charge is 0.159 e. The lowest BCUT2D eigenvalue weighted by atomic mass is 10.2. The molecule has 0 heterocycles. The van der Waals surface area contributed by atoms with Crippen LogP contribution in [0.25, 0.3) is 0 Å². The topological polar surface area (TPSA) is 0 Å². The van der Waals surface area contributed by atoms with E-state index in [1.807, 2.05) is 11.8 Å². The molecule has 1 aliphatic carbocycles. The summed E-state index contributed by atoms with van der Waals surface area (Å²) in [6, 6.07) is 0. The summed E-state index contributed by atoms with van der Waals surface area (Å²) in [4.78, 5) is 0. The van der Waals surface area contributed by atoms with Crippen molar-refractivity contribution in [2.75, 3.05) is 5.75 Å². The van der Waals surface area contributed by atoms with Crippen LogP contribution in [0.4, 0.5) is 0 Å². The molecule has 0 nitrogen and oxygen atoms in total. The third-order valence-electron chi connectivity index (χ3n) is 1.69. The zero-order chi connectivity index (χ0) is 8.10. The van der Waals surface area contributed by atoms with Crippen molar-refractivity contribution in [2.24, 2.45) is 0 Å². The summed E-state index contributed by atoms with van der Waals surface area (Å²) >= 11 is 2.04. The first-order valence-electron chi connectivity index (χ1n) is 4.26. The molecular formula is C10H16S. The van der Waals surface area contributed by atoms with Crippen molar-refractivity contribution in [2.45, 2.75) is 31.9 Å². The molecule has 0 aromatic rings. The summed E-state index contributed by atoms with van der Waals surface area (Å²) in [5.41, 5.74) is 1.53. The Morgan fingerprint density at radius 3 is 2.91 bits per heavy atom. The van der Waals surface area contributed by atoms with E-state index in [-0.39, 0.29) is 0 Å². The van der Waals surface area contributed by atoms with Crippen molar-refractivity contribution in [3.63, 3.8) is 0 Å². The van der Waals surface area contributed by atoms with Gasteiger partial charge >= 0.3 is 0 Å². The van der Waals surface area contributed by atoms with E-state index >= 15 is 0 Å². The molecule has 0 saturated heterocycles. The van der Waals surface area contributed by atoms with E-state index in [9.17, 15) is 0 Å². The minimum atomic E-state index is 0.779. The molecule has 0 amide bonds. The molecule has 1 aliphatic rings. The molecule has 0 fully saturated rings. The van der Waals surface area contributed by atoms with Gasteiger partial charge < -0.3 is 0 Å². The molecule has 0 aromatic carbocycles. The zero-order valence-corrected chi connectivity index (χ0v) is 8.16. The van der Waals surface area contributed by atoms with E-state index < -0.39 is 0 Å². The molecule has 0 spiro atoms. The minimum Gasteiger partial charge on any atom is -0.159 e. The molecule has 62 valence electrons. The van der Waals surface area contributed by atoms with Crippen LogP contribution in [0.5, 0.6) is 0 Å². The maximum Gasteiger partial charge on any atom is -0.000957 e. The van der Waals surface area contributed by atoms with Crippen molar-refractivity contribution in [3.05, 3.63) is 23.8 Å². The summed E-state index contributed by atoms with van der Waals surface area (Å²) in [6.07, 6.45) is 9.21. The van der Waals surface area contributed by atoms with E-state index in [0.717, 1.165) is 11.7 Å². The van der Waals surface area contributed by atoms with Gasteiger partial charge in [-0.3, -0.25) is 0 Å². The number of hydrogen-bond donors (Lipinski definition) is 0. The van der Waals surface area contributed by atoms with Crippen LogP contribution in [0.3, 0.4) is 0 Å². The highest BCUT2D eigenvalue weighted by Crippen LogP contribution is 2.18. The van der Waals surface area contributed by atoms with Gasteiger partial charge in [0.15, 0.2) is 0 Å². The molecule has 1 rings (SSSR count). The van der Waals surface area contributed by atoms with Crippen molar-refractivity contribution in [1.29, 1.82) is 0 Å². The summed E-state index contributed by atoms with van der Waals surface area (Å²) in [6.45, 7) is 4.51. The van der Waals surface area contributed by atoms with Crippen molar-refractivity contribution in [3.8, 4) is 0 Å². The molecular weight excluding hydrogens is 152 g/mol. The second kappa shape index (κ2) is 4.66. The summed E-state index contributed by atoms with van der Waals surface area (Å²) < 4.78 is 0. The monoisotopic (exact) mass is 168 g/mol. The Hall–Kier alpha value is -0.170. The van der Waals surface area contributed by atoms with E-state index in [1.54, 1.807) is 0 Å². The molecule has 11 heavy (non-hydrogen) atoms. The first-order chi connectivity index (χ1) is 5.29. The van der Waals surface area contributed by atoms with Crippen LogP contribution in [-0.2, 0) is 0 Å². The standard InChI is InChI=1S/C10H16S/c1-9(2)11-8-7-10-5-3-4-6-10/h3,5-6,9H,4,7-8H2,1-2H3. The highest BCUT2D eigenvalue weighted by molar-refractivity contribution is 7.99. The maximum absolute atomic E-state index is 2.32. The average Bonchev–Trinajstić information content (AvgIpc) is 2.39. The lowest BCUT2D eigenvalue weighted by Gasteiger charge is -2.03. The van der Waals surface area contributed by atoms with Gasteiger partial charge in [0.05, 0.1) is 0 Å². The lowest BCUT2D eigenvalue weighted by molar-refractivity contribution is 1.09.